The Hall–Kier alpha value is -2.37. The van der Waals surface area contributed by atoms with Gasteiger partial charge in [-0.2, -0.15) is 0 Å². The van der Waals surface area contributed by atoms with Crippen LogP contribution in [0.3, 0.4) is 0 Å². The number of fused-ring (bicyclic) bond motifs is 1. The number of rotatable bonds is 2. The lowest BCUT2D eigenvalue weighted by molar-refractivity contribution is 0.102. The first-order valence-corrected chi connectivity index (χ1v) is 7.01. The molecule has 0 bridgehead atoms. The van der Waals surface area contributed by atoms with Gasteiger partial charge in [0.25, 0.3) is 5.91 Å². The van der Waals surface area contributed by atoms with Gasteiger partial charge >= 0.3 is 0 Å². The van der Waals surface area contributed by atoms with Gasteiger partial charge < -0.3 is 10.4 Å². The molecule has 22 heavy (non-hydrogen) atoms. The number of para-hydroxylation sites is 1. The molecule has 0 saturated carbocycles. The summed E-state index contributed by atoms with van der Waals surface area (Å²) in [5.74, 6) is -0.479. The van der Waals surface area contributed by atoms with Crippen LogP contribution < -0.4 is 5.32 Å². The molecule has 0 atom stereocenters. The lowest BCUT2D eigenvalue weighted by Crippen LogP contribution is -2.14. The highest BCUT2D eigenvalue weighted by Gasteiger charge is 2.14. The van der Waals surface area contributed by atoms with Crippen molar-refractivity contribution in [1.82, 2.24) is 9.97 Å². The number of carbonyl (C=O) groups excluding carboxylic acids is 1. The highest BCUT2D eigenvalue weighted by molar-refractivity contribution is 6.39. The maximum Gasteiger partial charge on any atom is 0.274 e. The number of phenolic OH excluding ortho intramolecular Hbond substituents is 1. The monoisotopic (exact) mass is 333 g/mol. The van der Waals surface area contributed by atoms with Gasteiger partial charge in [0.05, 0.1) is 15.7 Å². The SMILES string of the molecule is O=C(Nc1c(Cl)cncc1Cl)c1ccc2cccc(O)c2n1. The summed E-state index contributed by atoms with van der Waals surface area (Å²) in [6.45, 7) is 0. The minimum Gasteiger partial charge on any atom is -0.506 e. The average Bonchev–Trinajstić information content (AvgIpc) is 2.51. The zero-order valence-corrected chi connectivity index (χ0v) is 12.6. The van der Waals surface area contributed by atoms with Crippen molar-refractivity contribution in [2.24, 2.45) is 0 Å². The molecule has 110 valence electrons. The van der Waals surface area contributed by atoms with E-state index in [4.69, 9.17) is 23.2 Å². The van der Waals surface area contributed by atoms with Gasteiger partial charge in [-0.3, -0.25) is 9.78 Å². The molecule has 0 unspecified atom stereocenters. The van der Waals surface area contributed by atoms with Gasteiger partial charge in [-0.25, -0.2) is 4.98 Å². The molecule has 0 fully saturated rings. The quantitative estimate of drug-likeness (QED) is 0.745. The molecule has 5 nitrogen and oxygen atoms in total. The number of anilines is 1. The van der Waals surface area contributed by atoms with Crippen LogP contribution in [0.1, 0.15) is 10.5 Å². The Balaban J connectivity index is 1.97. The molecular weight excluding hydrogens is 325 g/mol. The number of nitrogens with one attached hydrogen (secondary N) is 1. The van der Waals surface area contributed by atoms with E-state index < -0.39 is 5.91 Å². The number of nitrogens with zero attached hydrogens (tertiary/aromatic N) is 2. The summed E-state index contributed by atoms with van der Waals surface area (Å²) in [5.41, 5.74) is 0.752. The molecule has 3 aromatic rings. The third-order valence-electron chi connectivity index (χ3n) is 3.02. The number of hydrogen-bond acceptors (Lipinski definition) is 4. The number of pyridine rings is 2. The summed E-state index contributed by atoms with van der Waals surface area (Å²) < 4.78 is 0. The maximum absolute atomic E-state index is 12.3. The molecule has 0 radical (unpaired) electrons. The zero-order chi connectivity index (χ0) is 15.7. The Morgan fingerprint density at radius 1 is 1.09 bits per heavy atom. The fourth-order valence-corrected chi connectivity index (χ4v) is 2.43. The Labute approximate surface area is 135 Å². The van der Waals surface area contributed by atoms with E-state index in [0.29, 0.717) is 5.52 Å². The van der Waals surface area contributed by atoms with Crippen molar-refractivity contribution in [2.75, 3.05) is 5.32 Å². The highest BCUT2D eigenvalue weighted by Crippen LogP contribution is 2.29. The number of aromatic hydroxyl groups is 1. The maximum atomic E-state index is 12.3. The molecule has 3 rings (SSSR count). The second-order valence-electron chi connectivity index (χ2n) is 4.48. The molecule has 2 N–H and O–H groups in total. The van der Waals surface area contributed by atoms with Gasteiger partial charge in [0, 0.05) is 17.8 Å². The molecule has 1 aromatic carbocycles. The molecular formula is C15H9Cl2N3O2. The van der Waals surface area contributed by atoms with Crippen molar-refractivity contribution in [1.29, 1.82) is 0 Å². The van der Waals surface area contributed by atoms with Crippen LogP contribution in [-0.4, -0.2) is 21.0 Å². The number of halogens is 2. The third-order valence-corrected chi connectivity index (χ3v) is 3.60. The Morgan fingerprint density at radius 3 is 2.55 bits per heavy atom. The number of hydrogen-bond donors (Lipinski definition) is 2. The van der Waals surface area contributed by atoms with Crippen LogP contribution in [0, 0.1) is 0 Å². The van der Waals surface area contributed by atoms with E-state index >= 15 is 0 Å². The van der Waals surface area contributed by atoms with Crippen LogP contribution in [0.15, 0.2) is 42.7 Å². The van der Waals surface area contributed by atoms with E-state index in [1.807, 2.05) is 0 Å². The number of benzene rings is 1. The van der Waals surface area contributed by atoms with Crippen LogP contribution in [0.4, 0.5) is 5.69 Å². The Bertz CT molecular complexity index is 864. The van der Waals surface area contributed by atoms with E-state index in [1.54, 1.807) is 24.3 Å². The first kappa shape index (κ1) is 14.6. The molecule has 0 saturated heterocycles. The molecule has 0 spiro atoms. The van der Waals surface area contributed by atoms with Gasteiger partial charge in [0.2, 0.25) is 0 Å². The van der Waals surface area contributed by atoms with Gasteiger partial charge in [0.1, 0.15) is 17.0 Å². The van der Waals surface area contributed by atoms with Crippen LogP contribution >= 0.6 is 23.2 Å². The summed E-state index contributed by atoms with van der Waals surface area (Å²) >= 11 is 11.9. The lowest BCUT2D eigenvalue weighted by Gasteiger charge is -2.09. The second kappa shape index (κ2) is 5.79. The molecule has 2 heterocycles. The van der Waals surface area contributed by atoms with Crippen molar-refractivity contribution < 1.29 is 9.90 Å². The summed E-state index contributed by atoms with van der Waals surface area (Å²) in [6.07, 6.45) is 2.76. The van der Waals surface area contributed by atoms with Crippen LogP contribution in [0.2, 0.25) is 10.0 Å². The molecule has 7 heteroatoms. The Kier molecular flexibility index (Phi) is 3.83. The van der Waals surface area contributed by atoms with Crippen molar-refractivity contribution in [3.8, 4) is 5.75 Å². The van der Waals surface area contributed by atoms with Crippen LogP contribution in [0.5, 0.6) is 5.75 Å². The number of carbonyl (C=O) groups is 1. The normalized spacial score (nSPS) is 10.6. The van der Waals surface area contributed by atoms with Crippen LogP contribution in [0.25, 0.3) is 10.9 Å². The van der Waals surface area contributed by atoms with Gasteiger partial charge in [-0.05, 0) is 12.1 Å². The van der Waals surface area contributed by atoms with Crippen molar-refractivity contribution >= 4 is 45.7 Å². The largest absolute Gasteiger partial charge is 0.506 e. The van der Waals surface area contributed by atoms with Crippen LogP contribution in [-0.2, 0) is 0 Å². The van der Waals surface area contributed by atoms with Gasteiger partial charge in [0.15, 0.2) is 0 Å². The van der Waals surface area contributed by atoms with E-state index in [1.165, 1.54) is 18.5 Å². The number of aromatic nitrogens is 2. The van der Waals surface area contributed by atoms with E-state index in [9.17, 15) is 9.90 Å². The minimum absolute atomic E-state index is 0.00660. The minimum atomic E-state index is -0.486. The zero-order valence-electron chi connectivity index (χ0n) is 11.0. The molecule has 2 aromatic heterocycles. The predicted molar refractivity (Wildman–Crippen MR) is 85.6 cm³/mol. The van der Waals surface area contributed by atoms with E-state index in [-0.39, 0.29) is 27.2 Å². The van der Waals surface area contributed by atoms with E-state index in [0.717, 1.165) is 5.39 Å². The van der Waals surface area contributed by atoms with Crippen molar-refractivity contribution in [2.45, 2.75) is 0 Å². The van der Waals surface area contributed by atoms with Crippen molar-refractivity contribution in [3.63, 3.8) is 0 Å². The van der Waals surface area contributed by atoms with Crippen molar-refractivity contribution in [3.05, 3.63) is 58.5 Å². The fourth-order valence-electron chi connectivity index (χ4n) is 1.97. The first-order valence-electron chi connectivity index (χ1n) is 6.25. The average molecular weight is 334 g/mol. The predicted octanol–water partition coefficient (Wildman–Crippen LogP) is 3.89. The van der Waals surface area contributed by atoms with Gasteiger partial charge in [-0.1, -0.05) is 41.4 Å². The third kappa shape index (κ3) is 2.68. The highest BCUT2D eigenvalue weighted by atomic mass is 35.5. The lowest BCUT2D eigenvalue weighted by atomic mass is 10.2. The molecule has 0 aliphatic heterocycles. The fraction of sp³-hybridized carbons (Fsp3) is 0. The first-order chi connectivity index (χ1) is 10.6. The Morgan fingerprint density at radius 2 is 1.82 bits per heavy atom. The second-order valence-corrected chi connectivity index (χ2v) is 5.29. The summed E-state index contributed by atoms with van der Waals surface area (Å²) in [5, 5.41) is 13.6. The molecule has 1 amide bonds. The number of amides is 1. The topological polar surface area (TPSA) is 75.1 Å². The summed E-state index contributed by atoms with van der Waals surface area (Å²) in [7, 11) is 0. The molecule has 0 aliphatic rings. The summed E-state index contributed by atoms with van der Waals surface area (Å²) in [6, 6.07) is 8.26. The molecule has 0 aliphatic carbocycles. The van der Waals surface area contributed by atoms with E-state index in [2.05, 4.69) is 15.3 Å². The summed E-state index contributed by atoms with van der Waals surface area (Å²) in [4.78, 5) is 20.3. The standard InChI is InChI=1S/C15H9Cl2N3O2/c16-9-6-18-7-10(17)14(9)20-15(22)11-5-4-8-2-1-3-12(21)13(8)19-11/h1-7,21H,(H,18,20,22). The number of phenols is 1. The smallest absolute Gasteiger partial charge is 0.274 e. The van der Waals surface area contributed by atoms with Gasteiger partial charge in [-0.15, -0.1) is 0 Å².